The van der Waals surface area contributed by atoms with Gasteiger partial charge in [0.1, 0.15) is 18.3 Å². The Hall–Kier alpha value is -2.99. The molecule has 0 amide bonds. The number of carbonyl (C=O) groups excluding carboxylic acids is 1. The van der Waals surface area contributed by atoms with Gasteiger partial charge >= 0.3 is 0 Å². The molecular weight excluding hydrogens is 314 g/mol. The molecule has 25 heavy (non-hydrogen) atoms. The first-order valence-corrected chi connectivity index (χ1v) is 8.36. The first-order valence-electron chi connectivity index (χ1n) is 8.36. The molecule has 1 atom stereocenters. The van der Waals surface area contributed by atoms with E-state index in [9.17, 15) is 4.79 Å². The molecule has 1 aliphatic rings. The Labute approximate surface area is 145 Å². The van der Waals surface area contributed by atoms with E-state index in [-0.39, 0.29) is 6.04 Å². The molecule has 1 unspecified atom stereocenters. The van der Waals surface area contributed by atoms with E-state index in [0.717, 1.165) is 40.6 Å². The number of nitrogens with zero attached hydrogens (tertiary/aromatic N) is 3. The third kappa shape index (κ3) is 2.81. The van der Waals surface area contributed by atoms with Gasteiger partial charge in [-0.2, -0.15) is 0 Å². The summed E-state index contributed by atoms with van der Waals surface area (Å²) in [6.45, 7) is 2.85. The zero-order chi connectivity index (χ0) is 17.2. The SMILES string of the molecule is CCC(c1cccc(C=O)c1)N1C=C(c2ncnc3[nH]ccc23)CN1. The molecular formula is C19H19N5O. The number of hydrazine groups is 1. The average Bonchev–Trinajstić information content (AvgIpc) is 3.32. The highest BCUT2D eigenvalue weighted by Crippen LogP contribution is 2.30. The molecule has 1 aromatic carbocycles. The minimum Gasteiger partial charge on any atom is -0.346 e. The zero-order valence-corrected chi connectivity index (χ0v) is 13.9. The van der Waals surface area contributed by atoms with Crippen LogP contribution in [-0.4, -0.2) is 32.8 Å². The molecule has 3 aromatic rings. The molecule has 0 aliphatic carbocycles. The number of nitrogens with one attached hydrogen (secondary N) is 2. The molecule has 126 valence electrons. The highest BCUT2D eigenvalue weighted by Gasteiger charge is 2.23. The average molecular weight is 333 g/mol. The lowest BCUT2D eigenvalue weighted by Gasteiger charge is -2.27. The van der Waals surface area contributed by atoms with E-state index >= 15 is 0 Å². The monoisotopic (exact) mass is 333 g/mol. The number of hydrogen-bond donors (Lipinski definition) is 2. The van der Waals surface area contributed by atoms with Crippen molar-refractivity contribution in [3.05, 3.63) is 65.9 Å². The molecule has 0 fully saturated rings. The van der Waals surface area contributed by atoms with Gasteiger partial charge in [0.25, 0.3) is 0 Å². The number of hydrogen-bond acceptors (Lipinski definition) is 5. The van der Waals surface area contributed by atoms with Crippen LogP contribution >= 0.6 is 0 Å². The topological polar surface area (TPSA) is 73.9 Å². The van der Waals surface area contributed by atoms with Crippen molar-refractivity contribution in [1.29, 1.82) is 0 Å². The van der Waals surface area contributed by atoms with Crippen molar-refractivity contribution in [2.24, 2.45) is 0 Å². The second kappa shape index (κ2) is 6.49. The predicted molar refractivity (Wildman–Crippen MR) is 96.6 cm³/mol. The Morgan fingerprint density at radius 2 is 2.24 bits per heavy atom. The molecule has 2 aromatic heterocycles. The second-order valence-corrected chi connectivity index (χ2v) is 6.07. The van der Waals surface area contributed by atoms with Crippen LogP contribution in [0.4, 0.5) is 0 Å². The van der Waals surface area contributed by atoms with Crippen molar-refractivity contribution in [2.75, 3.05) is 6.54 Å². The fourth-order valence-corrected chi connectivity index (χ4v) is 3.34. The number of aldehydes is 1. The van der Waals surface area contributed by atoms with Crippen LogP contribution in [0.3, 0.4) is 0 Å². The number of H-pyrrole nitrogens is 1. The maximum atomic E-state index is 11.1. The van der Waals surface area contributed by atoms with Gasteiger partial charge in [0.2, 0.25) is 0 Å². The van der Waals surface area contributed by atoms with Crippen LogP contribution < -0.4 is 5.43 Å². The summed E-state index contributed by atoms with van der Waals surface area (Å²) in [5.41, 5.74) is 8.15. The Bertz CT molecular complexity index is 946. The summed E-state index contributed by atoms with van der Waals surface area (Å²) in [6, 6.07) is 9.91. The molecule has 6 heteroatoms. The quantitative estimate of drug-likeness (QED) is 0.702. The maximum absolute atomic E-state index is 11.1. The first kappa shape index (κ1) is 15.5. The van der Waals surface area contributed by atoms with Gasteiger partial charge in [-0.1, -0.05) is 25.1 Å². The molecule has 1 aliphatic heterocycles. The zero-order valence-electron chi connectivity index (χ0n) is 13.9. The van der Waals surface area contributed by atoms with Gasteiger partial charge in [0.15, 0.2) is 0 Å². The number of carbonyl (C=O) groups is 1. The summed E-state index contributed by atoms with van der Waals surface area (Å²) < 4.78 is 0. The van der Waals surface area contributed by atoms with E-state index in [4.69, 9.17) is 0 Å². The number of aromatic amines is 1. The smallest absolute Gasteiger partial charge is 0.150 e. The summed E-state index contributed by atoms with van der Waals surface area (Å²) in [6.07, 6.45) is 7.38. The van der Waals surface area contributed by atoms with Crippen molar-refractivity contribution in [2.45, 2.75) is 19.4 Å². The molecule has 3 heterocycles. The van der Waals surface area contributed by atoms with Gasteiger partial charge in [-0.15, -0.1) is 0 Å². The molecule has 0 bridgehead atoms. The molecule has 0 radical (unpaired) electrons. The number of fused-ring (bicyclic) bond motifs is 1. The van der Waals surface area contributed by atoms with Crippen LogP contribution in [0.5, 0.6) is 0 Å². The lowest BCUT2D eigenvalue weighted by Crippen LogP contribution is -2.32. The van der Waals surface area contributed by atoms with Crippen molar-refractivity contribution in [3.8, 4) is 0 Å². The Morgan fingerprint density at radius 3 is 3.08 bits per heavy atom. The predicted octanol–water partition coefficient (Wildman–Crippen LogP) is 3.08. The van der Waals surface area contributed by atoms with E-state index in [1.165, 1.54) is 0 Å². The van der Waals surface area contributed by atoms with E-state index in [1.807, 2.05) is 30.5 Å². The van der Waals surface area contributed by atoms with Gasteiger partial charge in [-0.25, -0.2) is 15.4 Å². The number of benzene rings is 1. The van der Waals surface area contributed by atoms with Crippen LogP contribution in [0.15, 0.2) is 49.1 Å². The van der Waals surface area contributed by atoms with Crippen molar-refractivity contribution in [3.63, 3.8) is 0 Å². The lowest BCUT2D eigenvalue weighted by atomic mass is 10.0. The van der Waals surface area contributed by atoms with Crippen molar-refractivity contribution < 1.29 is 4.79 Å². The Morgan fingerprint density at radius 1 is 1.32 bits per heavy atom. The molecule has 0 saturated heterocycles. The van der Waals surface area contributed by atoms with Crippen LogP contribution in [0.25, 0.3) is 16.6 Å². The first-order chi connectivity index (χ1) is 12.3. The van der Waals surface area contributed by atoms with Crippen LogP contribution in [0.2, 0.25) is 0 Å². The van der Waals surface area contributed by atoms with E-state index in [2.05, 4.69) is 44.6 Å². The third-order valence-corrected chi connectivity index (χ3v) is 4.56. The third-order valence-electron chi connectivity index (χ3n) is 4.56. The second-order valence-electron chi connectivity index (χ2n) is 6.07. The Balaban J connectivity index is 1.67. The summed E-state index contributed by atoms with van der Waals surface area (Å²) in [5.74, 6) is 0. The summed E-state index contributed by atoms with van der Waals surface area (Å²) in [5, 5.41) is 3.13. The minimum absolute atomic E-state index is 0.154. The maximum Gasteiger partial charge on any atom is 0.150 e. The molecule has 2 N–H and O–H groups in total. The van der Waals surface area contributed by atoms with E-state index < -0.39 is 0 Å². The van der Waals surface area contributed by atoms with Gasteiger partial charge in [-0.05, 0) is 24.1 Å². The number of aromatic nitrogens is 3. The minimum atomic E-state index is 0.154. The largest absolute Gasteiger partial charge is 0.346 e. The molecule has 0 spiro atoms. The highest BCUT2D eigenvalue weighted by molar-refractivity contribution is 5.88. The number of rotatable bonds is 5. The lowest BCUT2D eigenvalue weighted by molar-refractivity contribution is 0.112. The van der Waals surface area contributed by atoms with Crippen molar-refractivity contribution >= 4 is 22.9 Å². The van der Waals surface area contributed by atoms with Gasteiger partial charge < -0.3 is 9.99 Å². The van der Waals surface area contributed by atoms with E-state index in [1.54, 1.807) is 6.33 Å². The van der Waals surface area contributed by atoms with E-state index in [0.29, 0.717) is 12.1 Å². The van der Waals surface area contributed by atoms with Gasteiger partial charge in [-0.3, -0.25) is 4.79 Å². The van der Waals surface area contributed by atoms with Crippen LogP contribution in [-0.2, 0) is 0 Å². The summed E-state index contributed by atoms with van der Waals surface area (Å²) >= 11 is 0. The summed E-state index contributed by atoms with van der Waals surface area (Å²) in [4.78, 5) is 22.9. The summed E-state index contributed by atoms with van der Waals surface area (Å²) in [7, 11) is 0. The fourth-order valence-electron chi connectivity index (χ4n) is 3.34. The molecule has 0 saturated carbocycles. The molecule has 4 rings (SSSR count). The standard InChI is InChI=1S/C19H19N5O/c1-2-17(14-5-3-4-13(8-14)11-25)24-10-15(9-23-24)18-16-6-7-20-19(16)22-12-21-18/h3-8,10-12,17,23H,2,9H2,1H3,(H,20,21,22). The Kier molecular flexibility index (Phi) is 4.03. The van der Waals surface area contributed by atoms with Gasteiger partial charge in [0, 0.05) is 35.5 Å². The molecule has 6 nitrogen and oxygen atoms in total. The van der Waals surface area contributed by atoms with Crippen LogP contribution in [0.1, 0.15) is 41.0 Å². The van der Waals surface area contributed by atoms with Crippen LogP contribution in [0, 0.1) is 0 Å². The van der Waals surface area contributed by atoms with Crippen molar-refractivity contribution in [1.82, 2.24) is 25.4 Å². The highest BCUT2D eigenvalue weighted by atomic mass is 16.1. The van der Waals surface area contributed by atoms with Gasteiger partial charge in [0.05, 0.1) is 11.7 Å². The fraction of sp³-hybridized carbons (Fsp3) is 0.211. The normalized spacial score (nSPS) is 15.4.